The molecule has 1 amide bonds. The molecule has 0 radical (unpaired) electrons. The fourth-order valence-corrected chi connectivity index (χ4v) is 3.07. The third-order valence-electron chi connectivity index (χ3n) is 4.22. The summed E-state index contributed by atoms with van der Waals surface area (Å²) in [7, 11) is 0. The predicted molar refractivity (Wildman–Crippen MR) is 73.3 cm³/mol. The second kappa shape index (κ2) is 4.74. The number of aliphatic hydroxyl groups is 1. The highest BCUT2D eigenvalue weighted by molar-refractivity contribution is 5.77. The molecule has 20 heavy (non-hydrogen) atoms. The minimum absolute atomic E-state index is 0.112. The summed E-state index contributed by atoms with van der Waals surface area (Å²) in [5, 5.41) is 10.7. The normalized spacial score (nSPS) is 28.8. The van der Waals surface area contributed by atoms with Gasteiger partial charge in [0.05, 0.1) is 12.2 Å². The molecule has 1 N–H and O–H groups in total. The van der Waals surface area contributed by atoms with Crippen molar-refractivity contribution < 1.29 is 14.6 Å². The maximum absolute atomic E-state index is 12.2. The van der Waals surface area contributed by atoms with Crippen molar-refractivity contribution in [3.63, 3.8) is 0 Å². The van der Waals surface area contributed by atoms with E-state index in [0.29, 0.717) is 18.7 Å². The first-order chi connectivity index (χ1) is 9.50. The summed E-state index contributed by atoms with van der Waals surface area (Å²) in [5.41, 5.74) is 0.111. The Kier molecular flexibility index (Phi) is 3.17. The number of fused-ring (bicyclic) bond motifs is 1. The second-order valence-corrected chi connectivity index (χ2v) is 6.05. The molecule has 2 aliphatic rings. The molecule has 2 atom stereocenters. The summed E-state index contributed by atoms with van der Waals surface area (Å²) in [6.45, 7) is 4.38. The van der Waals surface area contributed by atoms with E-state index in [1.165, 1.54) is 0 Å². The van der Waals surface area contributed by atoms with Crippen molar-refractivity contribution >= 4 is 5.91 Å². The van der Waals surface area contributed by atoms with Gasteiger partial charge in [0.2, 0.25) is 5.91 Å². The molecule has 1 saturated heterocycles. The van der Waals surface area contributed by atoms with Gasteiger partial charge in [-0.1, -0.05) is 0 Å². The number of carbonyl (C=O) groups excluding carboxylic acids is 1. The second-order valence-electron chi connectivity index (χ2n) is 6.05. The van der Waals surface area contributed by atoms with Gasteiger partial charge in [-0.15, -0.1) is 0 Å². The highest BCUT2D eigenvalue weighted by Crippen LogP contribution is 2.43. The molecule has 0 aliphatic carbocycles. The summed E-state index contributed by atoms with van der Waals surface area (Å²) in [4.78, 5) is 18.1. The van der Waals surface area contributed by atoms with Gasteiger partial charge >= 0.3 is 0 Å². The number of amides is 1. The number of pyridine rings is 1. The highest BCUT2D eigenvalue weighted by atomic mass is 16.5. The molecule has 0 aromatic carbocycles. The van der Waals surface area contributed by atoms with Gasteiger partial charge in [0.15, 0.2) is 0 Å². The molecule has 1 fully saturated rings. The van der Waals surface area contributed by atoms with E-state index >= 15 is 0 Å². The van der Waals surface area contributed by atoms with Crippen LogP contribution in [0.3, 0.4) is 0 Å². The number of rotatable bonds is 1. The molecule has 108 valence electrons. The quantitative estimate of drug-likeness (QED) is 0.847. The number of nitrogens with zero attached hydrogens (tertiary/aromatic N) is 2. The Bertz CT molecular complexity index is 530. The Morgan fingerprint density at radius 1 is 1.45 bits per heavy atom. The van der Waals surface area contributed by atoms with Crippen molar-refractivity contribution in [2.45, 2.75) is 50.9 Å². The first-order valence-corrected chi connectivity index (χ1v) is 7.11. The van der Waals surface area contributed by atoms with E-state index in [1.807, 2.05) is 19.9 Å². The lowest BCUT2D eigenvalue weighted by Crippen LogP contribution is -2.55. The molecule has 0 bridgehead atoms. The van der Waals surface area contributed by atoms with Crippen molar-refractivity contribution in [1.29, 1.82) is 0 Å². The summed E-state index contributed by atoms with van der Waals surface area (Å²) < 4.78 is 5.84. The van der Waals surface area contributed by atoms with Gasteiger partial charge in [-0.3, -0.25) is 9.78 Å². The van der Waals surface area contributed by atoms with Crippen LogP contribution in [0.4, 0.5) is 0 Å². The van der Waals surface area contributed by atoms with E-state index in [4.69, 9.17) is 4.74 Å². The first-order valence-electron chi connectivity index (χ1n) is 7.11. The average molecular weight is 276 g/mol. The van der Waals surface area contributed by atoms with E-state index in [9.17, 15) is 9.90 Å². The van der Waals surface area contributed by atoms with Gasteiger partial charge in [0, 0.05) is 24.7 Å². The smallest absolute Gasteiger partial charge is 0.223 e. The molecule has 0 saturated carbocycles. The zero-order valence-corrected chi connectivity index (χ0v) is 11.9. The number of likely N-dealkylation sites (tertiary alicyclic amines) is 1. The zero-order chi connectivity index (χ0) is 14.3. The van der Waals surface area contributed by atoms with Crippen LogP contribution in [-0.4, -0.2) is 39.1 Å². The number of ether oxygens (including phenoxy) is 1. The molecule has 1 aromatic heterocycles. The van der Waals surface area contributed by atoms with Crippen molar-refractivity contribution in [3.05, 3.63) is 24.0 Å². The van der Waals surface area contributed by atoms with E-state index < -0.39 is 11.7 Å². The summed E-state index contributed by atoms with van der Waals surface area (Å²) in [6.07, 6.45) is 5.06. The van der Waals surface area contributed by atoms with Gasteiger partial charge in [-0.05, 0) is 32.8 Å². The Labute approximate surface area is 118 Å². The van der Waals surface area contributed by atoms with E-state index in [1.54, 1.807) is 17.3 Å². The molecule has 5 nitrogen and oxygen atoms in total. The number of hydrogen-bond donors (Lipinski definition) is 1. The largest absolute Gasteiger partial charge is 0.483 e. The van der Waals surface area contributed by atoms with Crippen molar-refractivity contribution in [1.82, 2.24) is 9.88 Å². The molecule has 3 heterocycles. The Morgan fingerprint density at radius 2 is 2.25 bits per heavy atom. The number of hydrogen-bond acceptors (Lipinski definition) is 4. The highest BCUT2D eigenvalue weighted by Gasteiger charge is 2.46. The van der Waals surface area contributed by atoms with Crippen molar-refractivity contribution in [2.75, 3.05) is 6.54 Å². The first kappa shape index (κ1) is 13.4. The number of piperidine rings is 1. The van der Waals surface area contributed by atoms with E-state index in [2.05, 4.69) is 4.98 Å². The topological polar surface area (TPSA) is 62.7 Å². The standard InChI is InChI=1S/C15H20N2O3/c1-15(2)14(19)13(17-8-4-3-5-12(17)18)10-6-7-16-9-11(10)20-15/h6-7,9,13-14,19H,3-5,8H2,1-2H3/t13-,14+/m0/s1. The molecule has 0 unspecified atom stereocenters. The van der Waals surface area contributed by atoms with E-state index in [-0.39, 0.29) is 11.9 Å². The van der Waals surface area contributed by atoms with Gasteiger partial charge in [-0.25, -0.2) is 0 Å². The zero-order valence-electron chi connectivity index (χ0n) is 11.9. The van der Waals surface area contributed by atoms with Crippen LogP contribution in [0.1, 0.15) is 44.7 Å². The number of carbonyl (C=O) groups is 1. The van der Waals surface area contributed by atoms with Crippen LogP contribution in [-0.2, 0) is 4.79 Å². The molecule has 1 aromatic rings. The lowest BCUT2D eigenvalue weighted by molar-refractivity contribution is -0.147. The summed E-state index contributed by atoms with van der Waals surface area (Å²) in [6, 6.07) is 1.49. The Hall–Kier alpha value is -1.62. The minimum Gasteiger partial charge on any atom is -0.483 e. The van der Waals surface area contributed by atoms with Gasteiger partial charge in [0.25, 0.3) is 0 Å². The Morgan fingerprint density at radius 3 is 3.00 bits per heavy atom. The predicted octanol–water partition coefficient (Wildman–Crippen LogP) is 1.67. The lowest BCUT2D eigenvalue weighted by atomic mass is 9.85. The van der Waals surface area contributed by atoms with Crippen molar-refractivity contribution in [3.8, 4) is 5.75 Å². The molecule has 2 aliphatic heterocycles. The summed E-state index contributed by atoms with van der Waals surface area (Å²) in [5.74, 6) is 0.770. The molecular weight excluding hydrogens is 256 g/mol. The van der Waals surface area contributed by atoms with Crippen LogP contribution < -0.4 is 4.74 Å². The maximum atomic E-state index is 12.2. The molecular formula is C15H20N2O3. The average Bonchev–Trinajstić information content (AvgIpc) is 2.41. The third kappa shape index (κ3) is 2.06. The van der Waals surface area contributed by atoms with Crippen molar-refractivity contribution in [2.24, 2.45) is 0 Å². The number of aromatic nitrogens is 1. The van der Waals surface area contributed by atoms with Crippen LogP contribution in [0.25, 0.3) is 0 Å². The molecule has 0 spiro atoms. The minimum atomic E-state index is -0.751. The lowest BCUT2D eigenvalue weighted by Gasteiger charge is -2.47. The Balaban J connectivity index is 2.05. The summed E-state index contributed by atoms with van der Waals surface area (Å²) >= 11 is 0. The van der Waals surface area contributed by atoms with Crippen LogP contribution in [0, 0.1) is 0 Å². The van der Waals surface area contributed by atoms with Crippen LogP contribution in [0.15, 0.2) is 18.5 Å². The monoisotopic (exact) mass is 276 g/mol. The van der Waals surface area contributed by atoms with Gasteiger partial charge < -0.3 is 14.7 Å². The number of aliphatic hydroxyl groups excluding tert-OH is 1. The molecule has 3 rings (SSSR count). The molecule has 5 heteroatoms. The maximum Gasteiger partial charge on any atom is 0.223 e. The van der Waals surface area contributed by atoms with Crippen LogP contribution in [0.5, 0.6) is 5.75 Å². The fourth-order valence-electron chi connectivity index (χ4n) is 3.07. The van der Waals surface area contributed by atoms with Gasteiger partial charge in [-0.2, -0.15) is 0 Å². The van der Waals surface area contributed by atoms with Crippen LogP contribution in [0.2, 0.25) is 0 Å². The van der Waals surface area contributed by atoms with Crippen LogP contribution >= 0.6 is 0 Å². The van der Waals surface area contributed by atoms with E-state index in [0.717, 1.165) is 18.4 Å². The van der Waals surface area contributed by atoms with Gasteiger partial charge in [0.1, 0.15) is 17.5 Å². The fraction of sp³-hybridized carbons (Fsp3) is 0.600. The SMILES string of the molecule is CC1(C)Oc2cnccc2[C@H](N2CCCCC2=O)[C@H]1O. The third-order valence-corrected chi connectivity index (χ3v) is 4.22.